The summed E-state index contributed by atoms with van der Waals surface area (Å²) in [6, 6.07) is 9.75. The number of nitrogens with two attached hydrogens (primary N) is 1. The quantitative estimate of drug-likeness (QED) is 0.416. The predicted molar refractivity (Wildman–Crippen MR) is 149 cm³/mol. The fourth-order valence-corrected chi connectivity index (χ4v) is 3.49. The molecule has 1 aromatic heterocycles. The minimum Gasteiger partial charge on any atom is -0.508 e. The molecule has 11 nitrogen and oxygen atoms in total. The van der Waals surface area contributed by atoms with Gasteiger partial charge in [0.05, 0.1) is 12.7 Å². The number of allylic oxidation sites excluding steroid dienone is 2. The van der Waals surface area contributed by atoms with E-state index in [9.17, 15) is 18.4 Å². The van der Waals surface area contributed by atoms with Crippen LogP contribution in [0.1, 0.15) is 32.4 Å². The lowest BCUT2D eigenvalue weighted by Gasteiger charge is -2.19. The van der Waals surface area contributed by atoms with Crippen LogP contribution in [0.3, 0.4) is 0 Å². The Hall–Kier alpha value is -3.94. The van der Waals surface area contributed by atoms with Gasteiger partial charge in [0.15, 0.2) is 0 Å². The van der Waals surface area contributed by atoms with Gasteiger partial charge in [-0.25, -0.2) is 13.6 Å². The largest absolute Gasteiger partial charge is 0.508 e. The molecule has 1 saturated heterocycles. The number of aromatic nitrogens is 2. The van der Waals surface area contributed by atoms with Gasteiger partial charge in [0.2, 0.25) is 6.23 Å². The molecule has 0 amide bonds. The summed E-state index contributed by atoms with van der Waals surface area (Å²) in [7, 11) is 3.14. The van der Waals surface area contributed by atoms with E-state index in [0.29, 0.717) is 12.4 Å². The van der Waals surface area contributed by atoms with Crippen LogP contribution in [0.5, 0.6) is 5.75 Å². The number of esters is 1. The number of rotatable bonds is 7. The van der Waals surface area contributed by atoms with E-state index in [0.717, 1.165) is 29.2 Å². The number of nitrogens with zero attached hydrogens (tertiary/aromatic N) is 2. The van der Waals surface area contributed by atoms with Crippen molar-refractivity contribution in [3.05, 3.63) is 76.9 Å². The number of halogens is 2. The maximum atomic E-state index is 13.7. The molecule has 2 aliphatic rings. The van der Waals surface area contributed by atoms with Crippen LogP contribution in [0.2, 0.25) is 0 Å². The van der Waals surface area contributed by atoms with E-state index in [4.69, 9.17) is 29.8 Å². The van der Waals surface area contributed by atoms with Gasteiger partial charge in [-0.1, -0.05) is 36.4 Å². The summed E-state index contributed by atoms with van der Waals surface area (Å²) in [4.78, 5) is 34.2. The Bertz CT molecular complexity index is 1180. The van der Waals surface area contributed by atoms with Crippen molar-refractivity contribution in [2.75, 3.05) is 33.1 Å². The number of benzene rings is 1. The molecule has 0 bridgehead atoms. The molecular weight excluding hydrogens is 542 g/mol. The van der Waals surface area contributed by atoms with Gasteiger partial charge < -0.3 is 35.2 Å². The molecule has 1 fully saturated rings. The number of nitrogens with one attached hydrogen (secondary N) is 1. The van der Waals surface area contributed by atoms with E-state index in [1.165, 1.54) is 13.2 Å². The number of anilines is 1. The van der Waals surface area contributed by atoms with Gasteiger partial charge in [-0.05, 0) is 50.6 Å². The summed E-state index contributed by atoms with van der Waals surface area (Å²) in [6.07, 6.45) is 6.59. The maximum Gasteiger partial charge on any atom is 0.351 e. The van der Waals surface area contributed by atoms with E-state index in [2.05, 4.69) is 22.5 Å². The molecule has 13 heteroatoms. The lowest BCUT2D eigenvalue weighted by molar-refractivity contribution is -0.144. The number of hydrogen-bond donors (Lipinski definition) is 3. The molecule has 2 heterocycles. The number of para-hydroxylation sites is 1. The van der Waals surface area contributed by atoms with Crippen molar-refractivity contribution in [1.82, 2.24) is 14.9 Å². The molecule has 0 saturated carbocycles. The highest BCUT2D eigenvalue weighted by Gasteiger charge is 2.51. The lowest BCUT2D eigenvalue weighted by Crippen LogP contribution is -2.35. The van der Waals surface area contributed by atoms with Crippen LogP contribution >= 0.6 is 0 Å². The second-order valence-electron chi connectivity index (χ2n) is 8.79. The first-order valence-electron chi connectivity index (χ1n) is 12.7. The smallest absolute Gasteiger partial charge is 0.351 e. The Morgan fingerprint density at radius 2 is 1.98 bits per heavy atom. The minimum atomic E-state index is -3.15. The van der Waals surface area contributed by atoms with Crippen LogP contribution < -0.4 is 16.7 Å². The van der Waals surface area contributed by atoms with Crippen molar-refractivity contribution in [2.24, 2.45) is 0 Å². The van der Waals surface area contributed by atoms with Gasteiger partial charge in [0.1, 0.15) is 31.0 Å². The number of nitrogen functional groups attached to an aromatic ring is 1. The first-order chi connectivity index (χ1) is 19.6. The van der Waals surface area contributed by atoms with E-state index in [1.807, 2.05) is 18.9 Å². The molecule has 0 radical (unpaired) electrons. The van der Waals surface area contributed by atoms with Crippen LogP contribution in [0, 0.1) is 0 Å². The third kappa shape index (κ3) is 12.4. The normalized spacial score (nSPS) is 19.1. The summed E-state index contributed by atoms with van der Waals surface area (Å²) in [5, 5.41) is 11.5. The Kier molecular flexibility index (Phi) is 15.8. The summed E-state index contributed by atoms with van der Waals surface area (Å²) in [5.74, 6) is -3.05. The molecule has 4 rings (SSSR count). The van der Waals surface area contributed by atoms with Crippen molar-refractivity contribution < 1.29 is 37.7 Å². The Morgan fingerprint density at radius 3 is 2.49 bits per heavy atom. The van der Waals surface area contributed by atoms with Gasteiger partial charge in [-0.3, -0.25) is 9.36 Å². The van der Waals surface area contributed by atoms with Crippen molar-refractivity contribution in [3.63, 3.8) is 0 Å². The number of aromatic hydroxyl groups is 1. The number of carbonyl (C=O) groups excluding carboxylic acids is 2. The number of phenols is 1. The van der Waals surface area contributed by atoms with Crippen molar-refractivity contribution in [2.45, 2.75) is 50.5 Å². The van der Waals surface area contributed by atoms with Crippen LogP contribution in [0.25, 0.3) is 0 Å². The third-order valence-corrected chi connectivity index (χ3v) is 5.63. The lowest BCUT2D eigenvalue weighted by atomic mass is 10.1. The molecular formula is C28H38F2N4O7. The van der Waals surface area contributed by atoms with Gasteiger partial charge >= 0.3 is 11.7 Å². The second-order valence-corrected chi connectivity index (χ2v) is 8.79. The highest BCUT2D eigenvalue weighted by atomic mass is 19.3. The van der Waals surface area contributed by atoms with Crippen LogP contribution in [-0.4, -0.2) is 72.9 Å². The van der Waals surface area contributed by atoms with Gasteiger partial charge in [0.25, 0.3) is 5.92 Å². The third-order valence-electron chi connectivity index (χ3n) is 5.63. The molecule has 3 atom stereocenters. The predicted octanol–water partition coefficient (Wildman–Crippen LogP) is 3.02. The van der Waals surface area contributed by atoms with Gasteiger partial charge in [-0.2, -0.15) is 4.98 Å². The average molecular weight is 581 g/mol. The number of alkyl halides is 2. The Morgan fingerprint density at radius 1 is 1.29 bits per heavy atom. The van der Waals surface area contributed by atoms with Crippen LogP contribution in [0.15, 0.2) is 71.2 Å². The van der Waals surface area contributed by atoms with Gasteiger partial charge in [-0.15, -0.1) is 0 Å². The number of phenolic OH excluding ortho intramolecular Hbond substituents is 1. The SMILES string of the molecule is C=O.CNC(C)C(=O)OCC1=CCCC=C1.COCC1CC(F)(F)C(n2ccc(N)nc2=O)O1.Oc1ccccc1. The van der Waals surface area contributed by atoms with E-state index >= 15 is 0 Å². The summed E-state index contributed by atoms with van der Waals surface area (Å²) >= 11 is 0. The van der Waals surface area contributed by atoms with Crippen molar-refractivity contribution in [3.8, 4) is 5.75 Å². The fourth-order valence-electron chi connectivity index (χ4n) is 3.49. The fraction of sp³-hybridized carbons (Fsp3) is 0.429. The number of carbonyl (C=O) groups is 2. The monoisotopic (exact) mass is 580 g/mol. The Labute approximate surface area is 237 Å². The number of ether oxygens (including phenoxy) is 3. The number of hydrogen-bond acceptors (Lipinski definition) is 10. The summed E-state index contributed by atoms with van der Waals surface area (Å²) in [6.45, 7) is 4.22. The van der Waals surface area contributed by atoms with Crippen molar-refractivity contribution >= 4 is 18.6 Å². The second kappa shape index (κ2) is 18.4. The van der Waals surface area contributed by atoms with E-state index < -0.39 is 30.4 Å². The minimum absolute atomic E-state index is 0.0222. The Balaban J connectivity index is 0.000000323. The highest BCUT2D eigenvalue weighted by molar-refractivity contribution is 5.75. The van der Waals surface area contributed by atoms with Crippen LogP contribution in [0.4, 0.5) is 14.6 Å². The van der Waals surface area contributed by atoms with E-state index in [-0.39, 0.29) is 24.4 Å². The molecule has 226 valence electrons. The summed E-state index contributed by atoms with van der Waals surface area (Å²) < 4.78 is 43.3. The zero-order valence-electron chi connectivity index (χ0n) is 23.4. The molecule has 1 aromatic carbocycles. The number of methoxy groups -OCH3 is 1. The molecule has 3 unspecified atom stereocenters. The first-order valence-corrected chi connectivity index (χ1v) is 12.7. The maximum absolute atomic E-state index is 13.7. The van der Waals surface area contributed by atoms with Crippen LogP contribution in [-0.2, 0) is 23.8 Å². The molecule has 1 aliphatic carbocycles. The standard InChI is InChI=1S/C11H17NO2.C10H13F2N3O3.C6H6O.CH2O/c1-9(12-2)11(13)14-8-10-6-4-3-5-7-10;1-17-5-6-4-10(11,12)8(18-6)15-3-2-7(13)14-9(15)16;7-6-4-2-1-3-5-6;1-2/h4,6-7,9,12H,3,5,8H2,1-2H3;2-3,6,8H,4-5H2,1H3,(H2,13,14,16);1-5,7H;1H2. The molecule has 4 N–H and O–H groups in total. The number of likely N-dealkylation sites (N-methyl/N-ethyl adjacent to an activating group) is 1. The molecule has 41 heavy (non-hydrogen) atoms. The summed E-state index contributed by atoms with van der Waals surface area (Å²) in [5.41, 5.74) is 5.52. The molecule has 0 spiro atoms. The first kappa shape index (κ1) is 35.1. The van der Waals surface area contributed by atoms with Crippen molar-refractivity contribution in [1.29, 1.82) is 0 Å². The van der Waals surface area contributed by atoms with E-state index in [1.54, 1.807) is 38.2 Å². The topological polar surface area (TPSA) is 155 Å². The average Bonchev–Trinajstić information content (AvgIpc) is 3.27. The zero-order valence-corrected chi connectivity index (χ0v) is 23.4. The zero-order chi connectivity index (χ0) is 30.8. The van der Waals surface area contributed by atoms with Gasteiger partial charge in [0, 0.05) is 19.7 Å². The highest BCUT2D eigenvalue weighted by Crippen LogP contribution is 2.41. The molecule has 1 aliphatic heterocycles. The molecule has 2 aromatic rings.